The van der Waals surface area contributed by atoms with Crippen molar-refractivity contribution >= 4 is 29.9 Å². The Morgan fingerprint density at radius 3 is 2.71 bits per heavy atom. The van der Waals surface area contributed by atoms with E-state index in [0.29, 0.717) is 29.5 Å². The largest absolute Gasteiger partial charge is 0.489 e. The summed E-state index contributed by atoms with van der Waals surface area (Å²) in [5.41, 5.74) is 7.21. The molecule has 1 amide bonds. The Hall–Kier alpha value is -1.75. The van der Waals surface area contributed by atoms with Crippen molar-refractivity contribution in [3.05, 3.63) is 64.7 Å². The number of ether oxygens (including phenoxy) is 1. The van der Waals surface area contributed by atoms with E-state index < -0.39 is 0 Å². The molecular weight excluding hydrogens is 347 g/mol. The van der Waals surface area contributed by atoms with Crippen molar-refractivity contribution < 1.29 is 9.53 Å². The highest BCUT2D eigenvalue weighted by atomic mass is 35.5. The summed E-state index contributed by atoms with van der Waals surface area (Å²) >= 11 is 5.95. The second-order valence-corrected chi connectivity index (χ2v) is 5.90. The fourth-order valence-electron chi connectivity index (χ4n) is 2.04. The van der Waals surface area contributed by atoms with Crippen molar-refractivity contribution in [1.82, 2.24) is 5.32 Å². The molecule has 0 saturated carbocycles. The van der Waals surface area contributed by atoms with Gasteiger partial charge in [0.1, 0.15) is 12.4 Å². The van der Waals surface area contributed by atoms with Gasteiger partial charge in [0.2, 0.25) is 0 Å². The lowest BCUT2D eigenvalue weighted by atomic mass is 10.2. The third-order valence-corrected chi connectivity index (χ3v) is 3.51. The van der Waals surface area contributed by atoms with Gasteiger partial charge in [-0.1, -0.05) is 29.8 Å². The Kier molecular flexibility index (Phi) is 8.61. The van der Waals surface area contributed by atoms with Gasteiger partial charge in [-0.3, -0.25) is 4.79 Å². The molecule has 0 fully saturated rings. The zero-order valence-corrected chi connectivity index (χ0v) is 15.1. The fourth-order valence-corrected chi connectivity index (χ4v) is 2.25. The van der Waals surface area contributed by atoms with Gasteiger partial charge < -0.3 is 15.8 Å². The zero-order valence-electron chi connectivity index (χ0n) is 13.5. The molecule has 6 heteroatoms. The van der Waals surface area contributed by atoms with Crippen molar-refractivity contribution in [2.24, 2.45) is 5.73 Å². The summed E-state index contributed by atoms with van der Waals surface area (Å²) in [5.74, 6) is 0.517. The molecule has 1 unspecified atom stereocenters. The van der Waals surface area contributed by atoms with E-state index in [-0.39, 0.29) is 24.4 Å². The van der Waals surface area contributed by atoms with Gasteiger partial charge in [0, 0.05) is 23.2 Å². The summed E-state index contributed by atoms with van der Waals surface area (Å²) < 4.78 is 5.72. The Morgan fingerprint density at radius 2 is 2.00 bits per heavy atom. The SMILES string of the molecule is CC(N)CCNC(=O)c1cccc(OCc2cccc(Cl)c2)c1.Cl. The van der Waals surface area contributed by atoms with Crippen LogP contribution in [0.3, 0.4) is 0 Å². The van der Waals surface area contributed by atoms with Crippen LogP contribution in [0.5, 0.6) is 5.75 Å². The summed E-state index contributed by atoms with van der Waals surface area (Å²) in [6.45, 7) is 2.87. The monoisotopic (exact) mass is 368 g/mol. The molecule has 0 radical (unpaired) electrons. The topological polar surface area (TPSA) is 64.3 Å². The van der Waals surface area contributed by atoms with E-state index in [0.717, 1.165) is 12.0 Å². The number of nitrogens with two attached hydrogens (primary N) is 1. The number of benzene rings is 2. The molecule has 0 aromatic heterocycles. The molecule has 0 spiro atoms. The van der Waals surface area contributed by atoms with Gasteiger partial charge in [-0.25, -0.2) is 0 Å². The number of rotatable bonds is 7. The number of carbonyl (C=O) groups is 1. The molecule has 130 valence electrons. The van der Waals surface area contributed by atoms with Gasteiger partial charge in [0.05, 0.1) is 0 Å². The molecule has 0 aliphatic heterocycles. The van der Waals surface area contributed by atoms with Gasteiger partial charge in [-0.05, 0) is 49.2 Å². The molecule has 0 bridgehead atoms. The van der Waals surface area contributed by atoms with Crippen LogP contribution in [0, 0.1) is 0 Å². The highest BCUT2D eigenvalue weighted by molar-refractivity contribution is 6.30. The first kappa shape index (κ1) is 20.3. The van der Waals surface area contributed by atoms with Gasteiger partial charge >= 0.3 is 0 Å². The maximum absolute atomic E-state index is 12.1. The third-order valence-electron chi connectivity index (χ3n) is 3.28. The molecule has 2 aromatic rings. The Bertz CT molecular complexity index is 663. The lowest BCUT2D eigenvalue weighted by molar-refractivity contribution is 0.0952. The quantitative estimate of drug-likeness (QED) is 0.780. The molecule has 1 atom stereocenters. The summed E-state index contributed by atoms with van der Waals surface area (Å²) in [7, 11) is 0. The normalized spacial score (nSPS) is 11.3. The Morgan fingerprint density at radius 1 is 1.25 bits per heavy atom. The molecule has 0 saturated heterocycles. The molecule has 2 rings (SSSR count). The molecule has 3 N–H and O–H groups in total. The maximum atomic E-state index is 12.1. The van der Waals surface area contributed by atoms with Crippen LogP contribution < -0.4 is 15.8 Å². The molecule has 24 heavy (non-hydrogen) atoms. The maximum Gasteiger partial charge on any atom is 0.251 e. The van der Waals surface area contributed by atoms with Gasteiger partial charge in [-0.2, -0.15) is 0 Å². The van der Waals surface area contributed by atoms with E-state index in [9.17, 15) is 4.79 Å². The lowest BCUT2D eigenvalue weighted by Crippen LogP contribution is -2.28. The van der Waals surface area contributed by atoms with Crippen molar-refractivity contribution in [3.63, 3.8) is 0 Å². The van der Waals surface area contributed by atoms with E-state index in [2.05, 4.69) is 5.32 Å². The number of halogens is 2. The third kappa shape index (κ3) is 6.79. The van der Waals surface area contributed by atoms with Gasteiger partial charge in [0.25, 0.3) is 5.91 Å². The minimum Gasteiger partial charge on any atom is -0.489 e. The highest BCUT2D eigenvalue weighted by Crippen LogP contribution is 2.17. The highest BCUT2D eigenvalue weighted by Gasteiger charge is 2.07. The minimum atomic E-state index is -0.126. The van der Waals surface area contributed by atoms with Crippen LogP contribution in [0.4, 0.5) is 0 Å². The minimum absolute atomic E-state index is 0. The van der Waals surface area contributed by atoms with Crippen LogP contribution >= 0.6 is 24.0 Å². The molecule has 4 nitrogen and oxygen atoms in total. The summed E-state index contributed by atoms with van der Waals surface area (Å²) in [5, 5.41) is 3.52. The lowest BCUT2D eigenvalue weighted by Gasteiger charge is -2.10. The van der Waals surface area contributed by atoms with Crippen LogP contribution in [0.1, 0.15) is 29.3 Å². The molecule has 0 heterocycles. The van der Waals surface area contributed by atoms with Crippen molar-refractivity contribution in [3.8, 4) is 5.75 Å². The predicted octanol–water partition coefficient (Wildman–Crippen LogP) is 3.81. The van der Waals surface area contributed by atoms with Crippen molar-refractivity contribution in [1.29, 1.82) is 0 Å². The van der Waals surface area contributed by atoms with Crippen molar-refractivity contribution in [2.45, 2.75) is 26.0 Å². The first-order valence-corrected chi connectivity index (χ1v) is 7.93. The number of amides is 1. The van der Waals surface area contributed by atoms with Crippen LogP contribution in [0.2, 0.25) is 5.02 Å². The second kappa shape index (κ2) is 10.2. The standard InChI is InChI=1S/C18H21ClN2O2.ClH/c1-13(20)8-9-21-18(22)15-5-3-7-17(11-15)23-12-14-4-2-6-16(19)10-14;/h2-7,10-11,13H,8-9,12,20H2,1H3,(H,21,22);1H. The van der Waals surface area contributed by atoms with E-state index in [4.69, 9.17) is 22.1 Å². The smallest absolute Gasteiger partial charge is 0.251 e. The van der Waals surface area contributed by atoms with Gasteiger partial charge in [0.15, 0.2) is 0 Å². The average Bonchev–Trinajstić information content (AvgIpc) is 2.53. The van der Waals surface area contributed by atoms with E-state index >= 15 is 0 Å². The number of hydrogen-bond donors (Lipinski definition) is 2. The number of carbonyl (C=O) groups excluding carboxylic acids is 1. The summed E-state index contributed by atoms with van der Waals surface area (Å²) in [6, 6.07) is 14.7. The molecule has 2 aromatic carbocycles. The fraction of sp³-hybridized carbons (Fsp3) is 0.278. The second-order valence-electron chi connectivity index (χ2n) is 5.47. The Balaban J connectivity index is 0.00000288. The van der Waals surface area contributed by atoms with Crippen LogP contribution in [0.15, 0.2) is 48.5 Å². The van der Waals surface area contributed by atoms with Crippen LogP contribution in [-0.2, 0) is 6.61 Å². The van der Waals surface area contributed by atoms with Crippen LogP contribution in [-0.4, -0.2) is 18.5 Å². The predicted molar refractivity (Wildman–Crippen MR) is 100 cm³/mol. The van der Waals surface area contributed by atoms with Crippen molar-refractivity contribution in [2.75, 3.05) is 6.54 Å². The van der Waals surface area contributed by atoms with E-state index in [1.54, 1.807) is 18.2 Å². The number of hydrogen-bond acceptors (Lipinski definition) is 3. The molecule has 0 aliphatic carbocycles. The van der Waals surface area contributed by atoms with Crippen LogP contribution in [0.25, 0.3) is 0 Å². The average molecular weight is 369 g/mol. The first-order chi connectivity index (χ1) is 11.0. The first-order valence-electron chi connectivity index (χ1n) is 7.55. The summed E-state index contributed by atoms with van der Waals surface area (Å²) in [6.07, 6.45) is 0.747. The summed E-state index contributed by atoms with van der Waals surface area (Å²) in [4.78, 5) is 12.1. The number of nitrogens with one attached hydrogen (secondary N) is 1. The Labute approximate surface area is 153 Å². The molecule has 0 aliphatic rings. The molecular formula is C18H22Cl2N2O2. The van der Waals surface area contributed by atoms with E-state index in [1.165, 1.54) is 0 Å². The van der Waals surface area contributed by atoms with E-state index in [1.807, 2.05) is 37.3 Å². The zero-order chi connectivity index (χ0) is 16.7. The van der Waals surface area contributed by atoms with Gasteiger partial charge in [-0.15, -0.1) is 12.4 Å².